The van der Waals surface area contributed by atoms with Crippen molar-refractivity contribution in [3.63, 3.8) is 0 Å². The van der Waals surface area contributed by atoms with Crippen LogP contribution in [0.4, 0.5) is 0 Å². The molecule has 0 amide bonds. The minimum absolute atomic E-state index is 0.874. The number of rotatable bonds is 2. The molecule has 1 aromatic heterocycles. The maximum absolute atomic E-state index is 4.21. The normalized spacial score (nSPS) is 10.6. The Hall–Kier alpha value is -0.610. The molecular formula is C11H10Br2N2. The van der Waals surface area contributed by atoms with Crippen LogP contribution in [-0.2, 0) is 13.5 Å². The number of aromatic nitrogens is 2. The molecule has 0 saturated heterocycles. The van der Waals surface area contributed by atoms with Crippen LogP contribution in [0.3, 0.4) is 0 Å². The van der Waals surface area contributed by atoms with Crippen molar-refractivity contribution in [3.05, 3.63) is 50.9 Å². The average molecular weight is 330 g/mol. The molecule has 0 aliphatic rings. The Morgan fingerprint density at radius 1 is 1.27 bits per heavy atom. The Balaban J connectivity index is 2.34. The van der Waals surface area contributed by atoms with Gasteiger partial charge in [0.15, 0.2) is 0 Å². The lowest BCUT2D eigenvalue weighted by atomic mass is 10.1. The molecule has 15 heavy (non-hydrogen) atoms. The first-order valence-corrected chi connectivity index (χ1v) is 6.16. The van der Waals surface area contributed by atoms with Crippen LogP contribution in [0.1, 0.15) is 11.3 Å². The number of hydrogen-bond acceptors (Lipinski definition) is 1. The lowest BCUT2D eigenvalue weighted by molar-refractivity contribution is 0.842. The molecule has 2 rings (SSSR count). The van der Waals surface area contributed by atoms with Gasteiger partial charge < -0.3 is 4.57 Å². The monoisotopic (exact) mass is 328 g/mol. The smallest absolute Gasteiger partial charge is 0.127 e. The highest BCUT2D eigenvalue weighted by atomic mass is 79.9. The van der Waals surface area contributed by atoms with Gasteiger partial charge in [0.1, 0.15) is 4.60 Å². The van der Waals surface area contributed by atoms with Gasteiger partial charge in [-0.25, -0.2) is 4.98 Å². The SMILES string of the molecule is Cn1cnc(Br)c1Cc1ccccc1Br. The summed E-state index contributed by atoms with van der Waals surface area (Å²) in [7, 11) is 2.00. The predicted molar refractivity (Wildman–Crippen MR) is 67.9 cm³/mol. The summed E-state index contributed by atoms with van der Waals surface area (Å²) >= 11 is 7.00. The van der Waals surface area contributed by atoms with Crippen molar-refractivity contribution in [1.82, 2.24) is 9.55 Å². The summed E-state index contributed by atoms with van der Waals surface area (Å²) < 4.78 is 4.09. The molecule has 1 heterocycles. The summed E-state index contributed by atoms with van der Waals surface area (Å²) in [6.07, 6.45) is 2.69. The van der Waals surface area contributed by atoms with Gasteiger partial charge in [0, 0.05) is 17.9 Å². The molecule has 0 aliphatic heterocycles. The molecule has 0 N–H and O–H groups in total. The van der Waals surface area contributed by atoms with E-state index in [1.807, 2.05) is 30.1 Å². The number of halogens is 2. The maximum Gasteiger partial charge on any atom is 0.127 e. The average Bonchev–Trinajstić information content (AvgIpc) is 2.53. The van der Waals surface area contributed by atoms with Crippen LogP contribution in [0, 0.1) is 0 Å². The van der Waals surface area contributed by atoms with Gasteiger partial charge >= 0.3 is 0 Å². The molecule has 0 atom stereocenters. The molecule has 4 heteroatoms. The first-order valence-electron chi connectivity index (χ1n) is 4.57. The van der Waals surface area contributed by atoms with Gasteiger partial charge in [0.05, 0.1) is 12.0 Å². The Bertz CT molecular complexity index is 458. The third-order valence-corrected chi connectivity index (χ3v) is 3.76. The predicted octanol–water partition coefficient (Wildman–Crippen LogP) is 3.54. The van der Waals surface area contributed by atoms with E-state index in [0.29, 0.717) is 0 Å². The number of aryl methyl sites for hydroxylation is 1. The quantitative estimate of drug-likeness (QED) is 0.824. The van der Waals surface area contributed by atoms with E-state index in [2.05, 4.69) is 49.0 Å². The van der Waals surface area contributed by atoms with Crippen LogP contribution in [0.5, 0.6) is 0 Å². The fourth-order valence-electron chi connectivity index (χ4n) is 1.45. The van der Waals surface area contributed by atoms with E-state index >= 15 is 0 Å². The van der Waals surface area contributed by atoms with E-state index in [9.17, 15) is 0 Å². The number of nitrogens with zero attached hydrogens (tertiary/aromatic N) is 2. The van der Waals surface area contributed by atoms with Crippen molar-refractivity contribution in [2.45, 2.75) is 6.42 Å². The number of imidazole rings is 1. The van der Waals surface area contributed by atoms with E-state index in [4.69, 9.17) is 0 Å². The lowest BCUT2D eigenvalue weighted by Crippen LogP contribution is -1.97. The van der Waals surface area contributed by atoms with Crippen LogP contribution in [0.2, 0.25) is 0 Å². The zero-order valence-corrected chi connectivity index (χ0v) is 11.4. The zero-order valence-electron chi connectivity index (χ0n) is 8.24. The van der Waals surface area contributed by atoms with Crippen LogP contribution in [0.15, 0.2) is 39.7 Å². The van der Waals surface area contributed by atoms with Gasteiger partial charge in [-0.1, -0.05) is 34.1 Å². The highest BCUT2D eigenvalue weighted by Gasteiger charge is 2.08. The molecule has 0 radical (unpaired) electrons. The van der Waals surface area contributed by atoms with Crippen molar-refractivity contribution < 1.29 is 0 Å². The third-order valence-electron chi connectivity index (χ3n) is 2.32. The molecule has 0 unspecified atom stereocenters. The van der Waals surface area contributed by atoms with E-state index < -0.39 is 0 Å². The van der Waals surface area contributed by atoms with Crippen LogP contribution in [0.25, 0.3) is 0 Å². The molecule has 78 valence electrons. The van der Waals surface area contributed by atoms with Gasteiger partial charge in [-0.05, 0) is 27.6 Å². The first kappa shape index (κ1) is 10.9. The second-order valence-electron chi connectivity index (χ2n) is 3.36. The summed E-state index contributed by atoms with van der Waals surface area (Å²) in [5.41, 5.74) is 2.45. The molecule has 0 aliphatic carbocycles. The van der Waals surface area contributed by atoms with Crippen LogP contribution < -0.4 is 0 Å². The Morgan fingerprint density at radius 3 is 2.60 bits per heavy atom. The second-order valence-corrected chi connectivity index (χ2v) is 4.97. The van der Waals surface area contributed by atoms with E-state index in [1.165, 1.54) is 11.3 Å². The fourth-order valence-corrected chi connectivity index (χ4v) is 2.38. The molecule has 2 aromatic rings. The lowest BCUT2D eigenvalue weighted by Gasteiger charge is -2.05. The summed E-state index contributed by atoms with van der Waals surface area (Å²) in [5.74, 6) is 0. The molecular weight excluding hydrogens is 320 g/mol. The summed E-state index contributed by atoms with van der Waals surface area (Å²) in [5, 5.41) is 0. The minimum atomic E-state index is 0.874. The zero-order chi connectivity index (χ0) is 10.8. The van der Waals surface area contributed by atoms with Crippen molar-refractivity contribution in [1.29, 1.82) is 0 Å². The molecule has 0 saturated carbocycles. The topological polar surface area (TPSA) is 17.8 Å². The second kappa shape index (κ2) is 4.49. The van der Waals surface area contributed by atoms with Gasteiger partial charge in [0.2, 0.25) is 0 Å². The Kier molecular flexibility index (Phi) is 3.26. The van der Waals surface area contributed by atoms with Crippen molar-refractivity contribution in [2.75, 3.05) is 0 Å². The van der Waals surface area contributed by atoms with E-state index in [1.54, 1.807) is 0 Å². The number of benzene rings is 1. The highest BCUT2D eigenvalue weighted by Crippen LogP contribution is 2.22. The molecule has 0 spiro atoms. The highest BCUT2D eigenvalue weighted by molar-refractivity contribution is 9.10. The Morgan fingerprint density at radius 2 is 2.00 bits per heavy atom. The van der Waals surface area contributed by atoms with E-state index in [-0.39, 0.29) is 0 Å². The van der Waals surface area contributed by atoms with Crippen LogP contribution in [-0.4, -0.2) is 9.55 Å². The molecule has 2 nitrogen and oxygen atoms in total. The minimum Gasteiger partial charge on any atom is -0.336 e. The molecule has 0 fully saturated rings. The largest absolute Gasteiger partial charge is 0.336 e. The van der Waals surface area contributed by atoms with Gasteiger partial charge in [-0.3, -0.25) is 0 Å². The van der Waals surface area contributed by atoms with E-state index in [0.717, 1.165) is 15.5 Å². The van der Waals surface area contributed by atoms with Crippen molar-refractivity contribution in [3.8, 4) is 0 Å². The van der Waals surface area contributed by atoms with Crippen molar-refractivity contribution in [2.24, 2.45) is 7.05 Å². The van der Waals surface area contributed by atoms with Crippen LogP contribution >= 0.6 is 31.9 Å². The third kappa shape index (κ3) is 2.32. The standard InChI is InChI=1S/C11H10Br2N2/c1-15-7-14-11(13)10(15)6-8-4-2-3-5-9(8)12/h2-5,7H,6H2,1H3. The van der Waals surface area contributed by atoms with Gasteiger partial charge in [0.25, 0.3) is 0 Å². The fraction of sp³-hybridized carbons (Fsp3) is 0.182. The molecule has 1 aromatic carbocycles. The first-order chi connectivity index (χ1) is 7.18. The summed E-state index contributed by atoms with van der Waals surface area (Å²) in [4.78, 5) is 4.21. The Labute approximate surface area is 106 Å². The summed E-state index contributed by atoms with van der Waals surface area (Å²) in [6, 6.07) is 8.24. The van der Waals surface area contributed by atoms with Gasteiger partial charge in [-0.2, -0.15) is 0 Å². The van der Waals surface area contributed by atoms with Crippen molar-refractivity contribution >= 4 is 31.9 Å². The number of hydrogen-bond donors (Lipinski definition) is 0. The van der Waals surface area contributed by atoms with Gasteiger partial charge in [-0.15, -0.1) is 0 Å². The maximum atomic E-state index is 4.21. The summed E-state index contributed by atoms with van der Waals surface area (Å²) in [6.45, 7) is 0. The molecule has 0 bridgehead atoms.